The van der Waals surface area contributed by atoms with Gasteiger partial charge in [-0.1, -0.05) is 12.1 Å². The van der Waals surface area contributed by atoms with Gasteiger partial charge in [0.1, 0.15) is 23.3 Å². The molecular formula is C13H10FN3. The smallest absolute Gasteiger partial charge is 0.148 e. The highest BCUT2D eigenvalue weighted by atomic mass is 19.1. The average molecular weight is 227 g/mol. The summed E-state index contributed by atoms with van der Waals surface area (Å²) in [6, 6.07) is 8.52. The van der Waals surface area contributed by atoms with Crippen molar-refractivity contribution in [3.05, 3.63) is 47.0 Å². The molecule has 0 atom stereocenters. The van der Waals surface area contributed by atoms with Crippen LogP contribution in [-0.2, 0) is 12.8 Å². The van der Waals surface area contributed by atoms with E-state index in [9.17, 15) is 9.65 Å². The topological polar surface area (TPSA) is 41.6 Å². The predicted octanol–water partition coefficient (Wildman–Crippen LogP) is 2.37. The normalized spacial score (nSPS) is 13.4. The lowest BCUT2D eigenvalue weighted by molar-refractivity contribution is 0.608. The molecule has 0 saturated carbocycles. The summed E-state index contributed by atoms with van der Waals surface area (Å²) in [5.74, 6) is -0.356. The largest absolute Gasteiger partial charge is 0.220 e. The van der Waals surface area contributed by atoms with Crippen LogP contribution >= 0.6 is 0 Å². The van der Waals surface area contributed by atoms with Crippen LogP contribution < -0.4 is 0 Å². The van der Waals surface area contributed by atoms with Crippen molar-refractivity contribution in [3.63, 3.8) is 0 Å². The number of hydrogen-bond donors (Lipinski definition) is 0. The molecule has 0 N–H and O–H groups in total. The zero-order valence-electron chi connectivity index (χ0n) is 9.15. The van der Waals surface area contributed by atoms with Crippen molar-refractivity contribution >= 4 is 0 Å². The highest BCUT2D eigenvalue weighted by molar-refractivity contribution is 5.45. The van der Waals surface area contributed by atoms with Gasteiger partial charge in [-0.3, -0.25) is 0 Å². The molecule has 3 rings (SSSR count). The van der Waals surface area contributed by atoms with Crippen LogP contribution in [0.15, 0.2) is 24.3 Å². The van der Waals surface area contributed by atoms with Crippen LogP contribution in [0.2, 0.25) is 0 Å². The Bertz CT molecular complexity index is 622. The number of fused-ring (bicyclic) bond motifs is 1. The van der Waals surface area contributed by atoms with Gasteiger partial charge in [0, 0.05) is 5.56 Å². The molecule has 1 aromatic heterocycles. The monoisotopic (exact) mass is 227 g/mol. The second kappa shape index (κ2) is 3.70. The van der Waals surface area contributed by atoms with Gasteiger partial charge in [0.2, 0.25) is 0 Å². The van der Waals surface area contributed by atoms with Crippen molar-refractivity contribution in [2.45, 2.75) is 19.3 Å². The molecule has 2 aromatic rings. The molecule has 0 amide bonds. The minimum Gasteiger partial charge on any atom is -0.220 e. The second-order valence-electron chi connectivity index (χ2n) is 4.10. The minimum atomic E-state index is -0.356. The standard InChI is InChI=1S/C13H10FN3/c14-10-5-1-2-7-12(10)17-13(8-15)9-4-3-6-11(9)16-17/h1-2,5,7H,3-4,6H2. The van der Waals surface area contributed by atoms with E-state index in [-0.39, 0.29) is 5.82 Å². The fourth-order valence-corrected chi connectivity index (χ4v) is 2.30. The summed E-state index contributed by atoms with van der Waals surface area (Å²) in [4.78, 5) is 0. The Morgan fingerprint density at radius 1 is 1.29 bits per heavy atom. The molecule has 0 unspecified atom stereocenters. The van der Waals surface area contributed by atoms with Gasteiger partial charge in [0.05, 0.1) is 5.69 Å². The second-order valence-corrected chi connectivity index (χ2v) is 4.10. The molecule has 84 valence electrons. The molecule has 0 radical (unpaired) electrons. The number of nitriles is 1. The molecule has 1 aromatic carbocycles. The van der Waals surface area contributed by atoms with Crippen LogP contribution in [0.1, 0.15) is 23.4 Å². The van der Waals surface area contributed by atoms with E-state index in [1.165, 1.54) is 10.7 Å². The number of aryl methyl sites for hydroxylation is 1. The molecule has 0 aliphatic heterocycles. The number of hydrogen-bond acceptors (Lipinski definition) is 2. The summed E-state index contributed by atoms with van der Waals surface area (Å²) in [6.45, 7) is 0. The van der Waals surface area contributed by atoms with Crippen LogP contribution in [0.3, 0.4) is 0 Å². The summed E-state index contributed by atoms with van der Waals surface area (Å²) in [6.07, 6.45) is 2.78. The number of halogens is 1. The molecule has 1 heterocycles. The first kappa shape index (κ1) is 10.0. The van der Waals surface area contributed by atoms with E-state index in [0.29, 0.717) is 11.4 Å². The zero-order chi connectivity index (χ0) is 11.8. The first-order valence-electron chi connectivity index (χ1n) is 5.57. The van der Waals surface area contributed by atoms with E-state index < -0.39 is 0 Å². The van der Waals surface area contributed by atoms with Crippen LogP contribution in [-0.4, -0.2) is 9.78 Å². The van der Waals surface area contributed by atoms with Crippen LogP contribution in [0.5, 0.6) is 0 Å². The maximum atomic E-state index is 13.7. The lowest BCUT2D eigenvalue weighted by atomic mass is 10.2. The van der Waals surface area contributed by atoms with Crippen molar-refractivity contribution in [1.82, 2.24) is 9.78 Å². The van der Waals surface area contributed by atoms with E-state index in [2.05, 4.69) is 11.2 Å². The van der Waals surface area contributed by atoms with E-state index in [1.807, 2.05) is 0 Å². The van der Waals surface area contributed by atoms with Crippen molar-refractivity contribution in [1.29, 1.82) is 5.26 Å². The lowest BCUT2D eigenvalue weighted by Gasteiger charge is -2.04. The maximum Gasteiger partial charge on any atom is 0.148 e. The maximum absolute atomic E-state index is 13.7. The summed E-state index contributed by atoms with van der Waals surface area (Å²) in [5.41, 5.74) is 2.74. The third-order valence-corrected chi connectivity index (χ3v) is 3.09. The Morgan fingerprint density at radius 3 is 2.88 bits per heavy atom. The Kier molecular flexibility index (Phi) is 2.19. The third-order valence-electron chi connectivity index (χ3n) is 3.09. The van der Waals surface area contributed by atoms with E-state index in [4.69, 9.17) is 0 Å². The molecule has 4 heteroatoms. The van der Waals surface area contributed by atoms with Crippen molar-refractivity contribution in [3.8, 4) is 11.8 Å². The quantitative estimate of drug-likeness (QED) is 0.750. The van der Waals surface area contributed by atoms with Gasteiger partial charge in [-0.15, -0.1) is 0 Å². The van der Waals surface area contributed by atoms with Crippen molar-refractivity contribution < 1.29 is 4.39 Å². The molecule has 1 aliphatic carbocycles. The van der Waals surface area contributed by atoms with Crippen LogP contribution in [0, 0.1) is 17.1 Å². The number of benzene rings is 1. The first-order valence-corrected chi connectivity index (χ1v) is 5.57. The Labute approximate surface area is 98.1 Å². The van der Waals surface area contributed by atoms with E-state index in [1.54, 1.807) is 18.2 Å². The molecule has 0 spiro atoms. The highest BCUT2D eigenvalue weighted by Gasteiger charge is 2.23. The van der Waals surface area contributed by atoms with Gasteiger partial charge >= 0.3 is 0 Å². The first-order chi connectivity index (χ1) is 8.31. The Hall–Kier alpha value is -2.15. The van der Waals surface area contributed by atoms with Gasteiger partial charge in [-0.25, -0.2) is 9.07 Å². The molecule has 0 saturated heterocycles. The third kappa shape index (κ3) is 1.43. The molecular weight excluding hydrogens is 217 g/mol. The fraction of sp³-hybridized carbons (Fsp3) is 0.231. The number of aromatic nitrogens is 2. The van der Waals surface area contributed by atoms with Crippen LogP contribution in [0.4, 0.5) is 4.39 Å². The molecule has 0 fully saturated rings. The predicted molar refractivity (Wildman–Crippen MR) is 60.3 cm³/mol. The fourth-order valence-electron chi connectivity index (χ4n) is 2.30. The molecule has 17 heavy (non-hydrogen) atoms. The summed E-state index contributed by atoms with van der Waals surface area (Å²) in [5, 5.41) is 13.5. The average Bonchev–Trinajstić information content (AvgIpc) is 2.89. The Balaban J connectivity index is 2.23. The number of nitrogens with zero attached hydrogens (tertiary/aromatic N) is 3. The number of para-hydroxylation sites is 1. The molecule has 3 nitrogen and oxygen atoms in total. The summed E-state index contributed by atoms with van der Waals surface area (Å²) < 4.78 is 15.1. The van der Waals surface area contributed by atoms with Gasteiger partial charge in [0.15, 0.2) is 0 Å². The Morgan fingerprint density at radius 2 is 2.12 bits per heavy atom. The summed E-state index contributed by atoms with van der Waals surface area (Å²) in [7, 11) is 0. The SMILES string of the molecule is N#Cc1c2c(nn1-c1ccccc1F)CCC2. The van der Waals surface area contributed by atoms with E-state index >= 15 is 0 Å². The lowest BCUT2D eigenvalue weighted by Crippen LogP contribution is -2.03. The highest BCUT2D eigenvalue weighted by Crippen LogP contribution is 2.27. The van der Waals surface area contributed by atoms with Gasteiger partial charge in [-0.2, -0.15) is 10.4 Å². The molecule has 0 bridgehead atoms. The van der Waals surface area contributed by atoms with Gasteiger partial charge in [-0.05, 0) is 31.4 Å². The number of rotatable bonds is 1. The molecule has 1 aliphatic rings. The van der Waals surface area contributed by atoms with Crippen molar-refractivity contribution in [2.24, 2.45) is 0 Å². The van der Waals surface area contributed by atoms with Gasteiger partial charge < -0.3 is 0 Å². The van der Waals surface area contributed by atoms with E-state index in [0.717, 1.165) is 30.5 Å². The van der Waals surface area contributed by atoms with Crippen LogP contribution in [0.25, 0.3) is 5.69 Å². The zero-order valence-corrected chi connectivity index (χ0v) is 9.15. The van der Waals surface area contributed by atoms with Gasteiger partial charge in [0.25, 0.3) is 0 Å². The van der Waals surface area contributed by atoms with Crippen molar-refractivity contribution in [2.75, 3.05) is 0 Å². The summed E-state index contributed by atoms with van der Waals surface area (Å²) >= 11 is 0. The minimum absolute atomic E-state index is 0.346.